The van der Waals surface area contributed by atoms with E-state index in [0.29, 0.717) is 13.2 Å². The van der Waals surface area contributed by atoms with Gasteiger partial charge in [-0.25, -0.2) is 0 Å². The first-order valence-corrected chi connectivity index (χ1v) is 5.31. The van der Waals surface area contributed by atoms with E-state index in [1.54, 1.807) is 12.2 Å². The summed E-state index contributed by atoms with van der Waals surface area (Å²) in [6.07, 6.45) is 17.1. The van der Waals surface area contributed by atoms with Gasteiger partial charge in [-0.3, -0.25) is 0 Å². The molecule has 0 unspecified atom stereocenters. The highest BCUT2D eigenvalue weighted by Crippen LogP contribution is 1.98. The molecule has 0 saturated heterocycles. The van der Waals surface area contributed by atoms with Crippen LogP contribution in [0.1, 0.15) is 6.92 Å². The number of ether oxygens (including phenoxy) is 1. The van der Waals surface area contributed by atoms with E-state index in [1.165, 1.54) is 0 Å². The fraction of sp³-hybridized carbons (Fsp3) is 0.200. The van der Waals surface area contributed by atoms with Gasteiger partial charge in [0.2, 0.25) is 0 Å². The molecule has 0 N–H and O–H groups in total. The number of hydrogen-bond acceptors (Lipinski definition) is 1. The summed E-state index contributed by atoms with van der Waals surface area (Å²) >= 11 is 0. The van der Waals surface area contributed by atoms with E-state index in [-0.39, 0.29) is 0 Å². The SMILES string of the molecule is C=C/C=C\C=C/COCC(/C=C\C)=C/C=C. The first-order chi connectivity index (χ1) is 7.85. The van der Waals surface area contributed by atoms with Gasteiger partial charge >= 0.3 is 0 Å². The number of allylic oxidation sites excluding steroid dienone is 7. The molecular weight excluding hydrogens is 196 g/mol. The van der Waals surface area contributed by atoms with Crippen LogP contribution in [-0.2, 0) is 4.74 Å². The predicted molar refractivity (Wildman–Crippen MR) is 72.4 cm³/mol. The van der Waals surface area contributed by atoms with Crippen LogP contribution in [0.2, 0.25) is 0 Å². The van der Waals surface area contributed by atoms with E-state index in [2.05, 4.69) is 13.2 Å². The van der Waals surface area contributed by atoms with Gasteiger partial charge in [-0.15, -0.1) is 0 Å². The van der Waals surface area contributed by atoms with E-state index in [4.69, 9.17) is 4.74 Å². The lowest BCUT2D eigenvalue weighted by molar-refractivity contribution is 0.189. The molecule has 0 rings (SSSR count). The van der Waals surface area contributed by atoms with Crippen molar-refractivity contribution in [3.63, 3.8) is 0 Å². The number of rotatable bonds is 8. The molecule has 16 heavy (non-hydrogen) atoms. The molecule has 0 fully saturated rings. The summed E-state index contributed by atoms with van der Waals surface area (Å²) in [4.78, 5) is 0. The van der Waals surface area contributed by atoms with Crippen LogP contribution in [0.5, 0.6) is 0 Å². The second-order valence-electron chi connectivity index (χ2n) is 3.04. The monoisotopic (exact) mass is 216 g/mol. The van der Waals surface area contributed by atoms with Crippen LogP contribution in [0.3, 0.4) is 0 Å². The molecule has 0 bridgehead atoms. The molecule has 0 aliphatic carbocycles. The molecule has 0 spiro atoms. The Morgan fingerprint density at radius 1 is 1.12 bits per heavy atom. The Kier molecular flexibility index (Phi) is 10.3. The fourth-order valence-electron chi connectivity index (χ4n) is 1.04. The molecule has 0 aromatic rings. The summed E-state index contributed by atoms with van der Waals surface area (Å²) in [6, 6.07) is 0. The zero-order valence-electron chi connectivity index (χ0n) is 9.93. The molecule has 0 amide bonds. The lowest BCUT2D eigenvalue weighted by Gasteiger charge is -2.01. The summed E-state index contributed by atoms with van der Waals surface area (Å²) in [5, 5.41) is 0. The molecule has 0 aromatic carbocycles. The Hall–Kier alpha value is -1.60. The van der Waals surface area contributed by atoms with Crippen LogP contribution in [0.15, 0.2) is 73.4 Å². The van der Waals surface area contributed by atoms with Crippen molar-refractivity contribution in [2.45, 2.75) is 6.92 Å². The summed E-state index contributed by atoms with van der Waals surface area (Å²) in [7, 11) is 0. The van der Waals surface area contributed by atoms with Gasteiger partial charge < -0.3 is 4.74 Å². The van der Waals surface area contributed by atoms with E-state index >= 15 is 0 Å². The topological polar surface area (TPSA) is 9.23 Å². The minimum atomic E-state index is 0.603. The molecule has 0 saturated carbocycles. The molecule has 0 radical (unpaired) electrons. The second-order valence-corrected chi connectivity index (χ2v) is 3.04. The molecular formula is C15H20O. The van der Waals surface area contributed by atoms with Gasteiger partial charge in [0.1, 0.15) is 0 Å². The average molecular weight is 216 g/mol. The molecule has 1 heteroatoms. The van der Waals surface area contributed by atoms with Crippen molar-refractivity contribution in [1.29, 1.82) is 0 Å². The Labute approximate surface area is 98.8 Å². The van der Waals surface area contributed by atoms with Crippen molar-refractivity contribution in [2.24, 2.45) is 0 Å². The maximum Gasteiger partial charge on any atom is 0.0721 e. The van der Waals surface area contributed by atoms with Gasteiger partial charge in [-0.2, -0.15) is 0 Å². The van der Waals surface area contributed by atoms with Crippen LogP contribution in [0.4, 0.5) is 0 Å². The Morgan fingerprint density at radius 3 is 2.56 bits per heavy atom. The summed E-state index contributed by atoms with van der Waals surface area (Å²) < 4.78 is 5.47. The zero-order valence-corrected chi connectivity index (χ0v) is 9.93. The van der Waals surface area contributed by atoms with Crippen LogP contribution in [0, 0.1) is 0 Å². The minimum absolute atomic E-state index is 0.603. The Bertz CT molecular complexity index is 303. The van der Waals surface area contributed by atoms with Gasteiger partial charge in [0.05, 0.1) is 13.2 Å². The quantitative estimate of drug-likeness (QED) is 0.440. The largest absolute Gasteiger partial charge is 0.373 e. The van der Waals surface area contributed by atoms with E-state index in [0.717, 1.165) is 5.57 Å². The van der Waals surface area contributed by atoms with Crippen molar-refractivity contribution in [2.75, 3.05) is 13.2 Å². The standard InChI is InChI=1S/C15H20O/c1-4-7-8-9-10-13-16-14-15(11-5-2)12-6-3/h4-12H,1-2,13-14H2,3H3/b8-7-,10-9-,12-6-,15-11+. The van der Waals surface area contributed by atoms with Crippen molar-refractivity contribution < 1.29 is 4.74 Å². The lowest BCUT2D eigenvalue weighted by Crippen LogP contribution is -1.96. The third kappa shape index (κ3) is 8.97. The van der Waals surface area contributed by atoms with Crippen molar-refractivity contribution in [1.82, 2.24) is 0 Å². The third-order valence-corrected chi connectivity index (χ3v) is 1.69. The summed E-state index contributed by atoms with van der Waals surface area (Å²) in [5.41, 5.74) is 1.12. The van der Waals surface area contributed by atoms with E-state index < -0.39 is 0 Å². The van der Waals surface area contributed by atoms with Gasteiger partial charge in [0.25, 0.3) is 0 Å². The highest BCUT2D eigenvalue weighted by molar-refractivity contribution is 5.23. The van der Waals surface area contributed by atoms with E-state index in [9.17, 15) is 0 Å². The summed E-state index contributed by atoms with van der Waals surface area (Å²) in [6.45, 7) is 10.4. The second kappa shape index (κ2) is 11.5. The molecule has 0 heterocycles. The highest BCUT2D eigenvalue weighted by atomic mass is 16.5. The van der Waals surface area contributed by atoms with E-state index in [1.807, 2.05) is 49.5 Å². The first kappa shape index (κ1) is 14.4. The van der Waals surface area contributed by atoms with Crippen molar-refractivity contribution in [3.8, 4) is 0 Å². The molecule has 86 valence electrons. The van der Waals surface area contributed by atoms with Crippen LogP contribution in [-0.4, -0.2) is 13.2 Å². The number of hydrogen-bond donors (Lipinski definition) is 0. The maximum absolute atomic E-state index is 5.47. The van der Waals surface area contributed by atoms with Gasteiger partial charge in [-0.05, 0) is 12.5 Å². The summed E-state index contributed by atoms with van der Waals surface area (Å²) in [5.74, 6) is 0. The Balaban J connectivity index is 3.82. The molecule has 0 atom stereocenters. The minimum Gasteiger partial charge on any atom is -0.373 e. The van der Waals surface area contributed by atoms with Crippen LogP contribution in [0.25, 0.3) is 0 Å². The highest BCUT2D eigenvalue weighted by Gasteiger charge is 1.89. The molecule has 0 aromatic heterocycles. The Morgan fingerprint density at radius 2 is 1.94 bits per heavy atom. The van der Waals surface area contributed by atoms with Gasteiger partial charge in [-0.1, -0.05) is 67.8 Å². The first-order valence-electron chi connectivity index (χ1n) is 5.31. The average Bonchev–Trinajstić information content (AvgIpc) is 2.28. The van der Waals surface area contributed by atoms with Gasteiger partial charge in [0, 0.05) is 0 Å². The zero-order chi connectivity index (χ0) is 12.1. The predicted octanol–water partition coefficient (Wildman–Crippen LogP) is 3.99. The lowest BCUT2D eigenvalue weighted by atomic mass is 10.2. The van der Waals surface area contributed by atoms with Crippen LogP contribution < -0.4 is 0 Å². The van der Waals surface area contributed by atoms with Crippen molar-refractivity contribution >= 4 is 0 Å². The van der Waals surface area contributed by atoms with Crippen molar-refractivity contribution in [3.05, 3.63) is 73.4 Å². The maximum atomic E-state index is 5.47. The smallest absolute Gasteiger partial charge is 0.0721 e. The molecule has 1 nitrogen and oxygen atoms in total. The fourth-order valence-corrected chi connectivity index (χ4v) is 1.04. The van der Waals surface area contributed by atoms with Crippen LogP contribution >= 0.6 is 0 Å². The normalized spacial score (nSPS) is 12.9. The molecule has 0 aliphatic rings. The third-order valence-electron chi connectivity index (χ3n) is 1.69. The molecule has 0 aliphatic heterocycles. The van der Waals surface area contributed by atoms with Gasteiger partial charge in [0.15, 0.2) is 0 Å².